The molecule has 0 aliphatic rings. The van der Waals surface area contributed by atoms with Gasteiger partial charge in [0.25, 0.3) is 5.91 Å². The van der Waals surface area contributed by atoms with Crippen LogP contribution in [0.1, 0.15) is 21.6 Å². The van der Waals surface area contributed by atoms with Crippen molar-refractivity contribution in [3.05, 3.63) is 76.7 Å². The van der Waals surface area contributed by atoms with E-state index < -0.39 is 0 Å². The normalized spacial score (nSPS) is 10.5. The fourth-order valence-corrected chi connectivity index (χ4v) is 2.34. The summed E-state index contributed by atoms with van der Waals surface area (Å²) in [6, 6.07) is 12.8. The van der Waals surface area contributed by atoms with Crippen molar-refractivity contribution < 1.29 is 4.79 Å². The highest BCUT2D eigenvalue weighted by Crippen LogP contribution is 2.11. The Kier molecular flexibility index (Phi) is 4.39. The zero-order valence-corrected chi connectivity index (χ0v) is 13.3. The number of halogens is 1. The third-order valence-electron chi connectivity index (χ3n) is 3.31. The van der Waals surface area contributed by atoms with Crippen LogP contribution in [-0.4, -0.2) is 20.7 Å². The van der Waals surface area contributed by atoms with Crippen LogP contribution < -0.4 is 5.32 Å². The second-order valence-electron chi connectivity index (χ2n) is 5.12. The molecule has 0 spiro atoms. The second-order valence-corrected chi connectivity index (χ2v) is 5.56. The van der Waals surface area contributed by atoms with Crippen molar-refractivity contribution in [2.45, 2.75) is 13.5 Å². The molecular formula is C17H15ClN4O. The van der Waals surface area contributed by atoms with Crippen molar-refractivity contribution in [1.29, 1.82) is 0 Å². The van der Waals surface area contributed by atoms with Crippen LogP contribution in [0.2, 0.25) is 5.02 Å². The minimum atomic E-state index is -0.180. The van der Waals surface area contributed by atoms with Gasteiger partial charge in [-0.25, -0.2) is 9.67 Å². The zero-order chi connectivity index (χ0) is 16.2. The summed E-state index contributed by atoms with van der Waals surface area (Å²) < 4.78 is 1.67. The molecule has 0 aliphatic heterocycles. The van der Waals surface area contributed by atoms with Gasteiger partial charge in [-0.1, -0.05) is 23.7 Å². The average molecular weight is 327 g/mol. The minimum Gasteiger partial charge on any atom is -0.348 e. The maximum atomic E-state index is 12.1. The Labute approximate surface area is 138 Å². The summed E-state index contributed by atoms with van der Waals surface area (Å²) in [5.74, 6) is 0.491. The van der Waals surface area contributed by atoms with E-state index >= 15 is 0 Å². The number of benzene rings is 1. The summed E-state index contributed by atoms with van der Waals surface area (Å²) in [6.45, 7) is 2.33. The maximum absolute atomic E-state index is 12.1. The quantitative estimate of drug-likeness (QED) is 0.801. The molecule has 0 saturated heterocycles. The molecule has 116 valence electrons. The van der Waals surface area contributed by atoms with E-state index in [-0.39, 0.29) is 5.91 Å². The minimum absolute atomic E-state index is 0.180. The number of pyridine rings is 1. The van der Waals surface area contributed by atoms with E-state index in [0.29, 0.717) is 22.9 Å². The third-order valence-corrected chi connectivity index (χ3v) is 3.54. The van der Waals surface area contributed by atoms with Crippen molar-refractivity contribution >= 4 is 17.5 Å². The Morgan fingerprint density at radius 1 is 1.26 bits per heavy atom. The highest BCUT2D eigenvalue weighted by atomic mass is 35.5. The van der Waals surface area contributed by atoms with Gasteiger partial charge in [-0.3, -0.25) is 4.79 Å². The first-order valence-corrected chi connectivity index (χ1v) is 7.51. The zero-order valence-electron chi connectivity index (χ0n) is 12.5. The summed E-state index contributed by atoms with van der Waals surface area (Å²) in [4.78, 5) is 16.4. The predicted molar refractivity (Wildman–Crippen MR) is 88.7 cm³/mol. The SMILES string of the molecule is Cc1ccn(-c2ccc(C(=O)NCc3cccc(Cl)c3)cn2)n1. The average Bonchev–Trinajstić information content (AvgIpc) is 2.99. The molecule has 6 heteroatoms. The van der Waals surface area contributed by atoms with Crippen LogP contribution in [0.3, 0.4) is 0 Å². The molecule has 0 radical (unpaired) electrons. The number of rotatable bonds is 4. The van der Waals surface area contributed by atoms with Gasteiger partial charge in [-0.2, -0.15) is 5.10 Å². The van der Waals surface area contributed by atoms with Gasteiger partial charge < -0.3 is 5.32 Å². The summed E-state index contributed by atoms with van der Waals surface area (Å²) in [6.07, 6.45) is 3.37. The third kappa shape index (κ3) is 3.76. The number of nitrogens with one attached hydrogen (secondary N) is 1. The molecule has 0 saturated carbocycles. The van der Waals surface area contributed by atoms with E-state index in [2.05, 4.69) is 15.4 Å². The van der Waals surface area contributed by atoms with Crippen molar-refractivity contribution in [3.8, 4) is 5.82 Å². The first-order valence-electron chi connectivity index (χ1n) is 7.13. The topological polar surface area (TPSA) is 59.8 Å². The molecule has 0 bridgehead atoms. The van der Waals surface area contributed by atoms with Crippen molar-refractivity contribution in [2.24, 2.45) is 0 Å². The molecule has 0 unspecified atom stereocenters. The number of hydrogen-bond acceptors (Lipinski definition) is 3. The number of nitrogens with zero attached hydrogens (tertiary/aromatic N) is 3. The van der Waals surface area contributed by atoms with Crippen molar-refractivity contribution in [3.63, 3.8) is 0 Å². The van der Waals surface area contributed by atoms with E-state index in [1.54, 1.807) is 29.1 Å². The molecule has 0 aliphatic carbocycles. The Balaban J connectivity index is 1.66. The Morgan fingerprint density at radius 3 is 2.78 bits per heavy atom. The molecule has 0 fully saturated rings. The summed E-state index contributed by atoms with van der Waals surface area (Å²) in [7, 11) is 0. The largest absolute Gasteiger partial charge is 0.348 e. The summed E-state index contributed by atoms with van der Waals surface area (Å²) >= 11 is 5.92. The van der Waals surface area contributed by atoms with Gasteiger partial charge >= 0.3 is 0 Å². The van der Waals surface area contributed by atoms with Gasteiger partial charge in [0.15, 0.2) is 5.82 Å². The molecule has 0 atom stereocenters. The van der Waals surface area contributed by atoms with Crippen LogP contribution in [-0.2, 0) is 6.54 Å². The molecule has 1 amide bonds. The lowest BCUT2D eigenvalue weighted by Crippen LogP contribution is -2.23. The molecule has 5 nitrogen and oxygen atoms in total. The van der Waals surface area contributed by atoms with E-state index in [1.807, 2.05) is 37.4 Å². The standard InChI is InChI=1S/C17H15ClN4O/c1-12-7-8-22(21-12)16-6-5-14(11-19-16)17(23)20-10-13-3-2-4-15(18)9-13/h2-9,11H,10H2,1H3,(H,20,23). The van der Waals surface area contributed by atoms with E-state index in [4.69, 9.17) is 11.6 Å². The molecule has 1 aromatic carbocycles. The number of amides is 1. The lowest BCUT2D eigenvalue weighted by atomic mass is 10.2. The maximum Gasteiger partial charge on any atom is 0.253 e. The van der Waals surface area contributed by atoms with Crippen LogP contribution in [0.5, 0.6) is 0 Å². The van der Waals surface area contributed by atoms with Crippen molar-refractivity contribution in [1.82, 2.24) is 20.1 Å². The monoisotopic (exact) mass is 326 g/mol. The van der Waals surface area contributed by atoms with Crippen LogP contribution in [0.15, 0.2) is 54.9 Å². The number of carbonyl (C=O) groups is 1. The van der Waals surface area contributed by atoms with Gasteiger partial charge in [0.2, 0.25) is 0 Å². The molecule has 2 aromatic heterocycles. The van der Waals surface area contributed by atoms with E-state index in [0.717, 1.165) is 11.3 Å². The predicted octanol–water partition coefficient (Wildman–Crippen LogP) is 3.16. The summed E-state index contributed by atoms with van der Waals surface area (Å²) in [5, 5.41) is 7.78. The Bertz CT molecular complexity index is 827. The molecule has 23 heavy (non-hydrogen) atoms. The molecule has 2 heterocycles. The molecule has 1 N–H and O–H groups in total. The van der Waals surface area contributed by atoms with Gasteiger partial charge in [-0.05, 0) is 42.8 Å². The van der Waals surface area contributed by atoms with E-state index in [9.17, 15) is 4.79 Å². The van der Waals surface area contributed by atoms with Gasteiger partial charge in [0.1, 0.15) is 0 Å². The molecular weight excluding hydrogens is 312 g/mol. The van der Waals surface area contributed by atoms with Gasteiger partial charge in [0.05, 0.1) is 11.3 Å². The number of carbonyl (C=O) groups excluding carboxylic acids is 1. The number of aromatic nitrogens is 3. The number of hydrogen-bond donors (Lipinski definition) is 1. The summed E-state index contributed by atoms with van der Waals surface area (Å²) in [5.41, 5.74) is 2.36. The van der Waals surface area contributed by atoms with Crippen LogP contribution >= 0.6 is 11.6 Å². The first kappa shape index (κ1) is 15.2. The lowest BCUT2D eigenvalue weighted by molar-refractivity contribution is 0.0950. The highest BCUT2D eigenvalue weighted by molar-refractivity contribution is 6.30. The number of aryl methyl sites for hydroxylation is 1. The van der Waals surface area contributed by atoms with E-state index in [1.165, 1.54) is 0 Å². The fraction of sp³-hybridized carbons (Fsp3) is 0.118. The Morgan fingerprint density at radius 2 is 2.13 bits per heavy atom. The highest BCUT2D eigenvalue weighted by Gasteiger charge is 2.07. The van der Waals surface area contributed by atoms with Crippen LogP contribution in [0, 0.1) is 6.92 Å². The van der Waals surface area contributed by atoms with Crippen LogP contribution in [0.25, 0.3) is 5.82 Å². The van der Waals surface area contributed by atoms with Crippen molar-refractivity contribution in [2.75, 3.05) is 0 Å². The van der Waals surface area contributed by atoms with Crippen LogP contribution in [0.4, 0.5) is 0 Å². The smallest absolute Gasteiger partial charge is 0.253 e. The lowest BCUT2D eigenvalue weighted by Gasteiger charge is -2.06. The van der Waals surface area contributed by atoms with Gasteiger partial charge in [0, 0.05) is 24.0 Å². The molecule has 3 aromatic rings. The first-order chi connectivity index (χ1) is 11.1. The van der Waals surface area contributed by atoms with Gasteiger partial charge in [-0.15, -0.1) is 0 Å². The fourth-order valence-electron chi connectivity index (χ4n) is 2.13. The second kappa shape index (κ2) is 6.62. The molecule has 3 rings (SSSR count). The Hall–Kier alpha value is -2.66.